The minimum absolute atomic E-state index is 0.163. The molecule has 0 fully saturated rings. The summed E-state index contributed by atoms with van der Waals surface area (Å²) >= 11 is 0. The van der Waals surface area contributed by atoms with Gasteiger partial charge in [-0.2, -0.15) is 0 Å². The molecule has 2 rings (SSSR count). The van der Waals surface area contributed by atoms with Gasteiger partial charge in [-0.3, -0.25) is 0 Å². The normalized spacial score (nSPS) is 10.4. The molecule has 0 radical (unpaired) electrons. The first-order valence-corrected chi connectivity index (χ1v) is 5.26. The molecule has 0 amide bonds. The van der Waals surface area contributed by atoms with E-state index in [0.29, 0.717) is 12.0 Å². The second-order valence-corrected chi connectivity index (χ2v) is 3.90. The van der Waals surface area contributed by atoms with Gasteiger partial charge in [0.2, 0.25) is 0 Å². The van der Waals surface area contributed by atoms with Crippen molar-refractivity contribution in [2.24, 2.45) is 0 Å². The summed E-state index contributed by atoms with van der Waals surface area (Å²) in [5.74, 6) is -0.163. The third kappa shape index (κ3) is 2.06. The Bertz CT molecular complexity index is 506. The van der Waals surface area contributed by atoms with Gasteiger partial charge in [-0.15, -0.1) is 0 Å². The Balaban J connectivity index is 2.35. The van der Waals surface area contributed by atoms with Crippen LogP contribution in [0.5, 0.6) is 0 Å². The maximum atomic E-state index is 13.5. The Morgan fingerprint density at radius 3 is 2.44 bits per heavy atom. The van der Waals surface area contributed by atoms with Gasteiger partial charge >= 0.3 is 0 Å². The first kappa shape index (κ1) is 10.7. The second kappa shape index (κ2) is 4.35. The molecule has 0 aliphatic rings. The lowest BCUT2D eigenvalue weighted by Crippen LogP contribution is -1.98. The lowest BCUT2D eigenvalue weighted by Gasteiger charge is -2.08. The summed E-state index contributed by atoms with van der Waals surface area (Å²) in [5.41, 5.74) is 9.39. The summed E-state index contributed by atoms with van der Waals surface area (Å²) in [6, 6.07) is 12.6. The maximum Gasteiger partial charge on any atom is 0.126 e. The zero-order valence-electron chi connectivity index (χ0n) is 9.20. The van der Waals surface area contributed by atoms with E-state index in [1.54, 1.807) is 12.1 Å². The van der Waals surface area contributed by atoms with Crippen molar-refractivity contribution in [3.63, 3.8) is 0 Å². The van der Waals surface area contributed by atoms with E-state index >= 15 is 0 Å². The van der Waals surface area contributed by atoms with Crippen LogP contribution in [0.25, 0.3) is 0 Å². The third-order valence-electron chi connectivity index (χ3n) is 2.83. The van der Waals surface area contributed by atoms with Gasteiger partial charge in [-0.1, -0.05) is 30.3 Å². The zero-order chi connectivity index (χ0) is 11.5. The quantitative estimate of drug-likeness (QED) is 0.764. The average molecular weight is 215 g/mol. The fraction of sp³-hybridized carbons (Fsp3) is 0.143. The van der Waals surface area contributed by atoms with E-state index in [-0.39, 0.29) is 5.82 Å². The van der Waals surface area contributed by atoms with Crippen molar-refractivity contribution in [2.45, 2.75) is 13.3 Å². The van der Waals surface area contributed by atoms with Crippen LogP contribution < -0.4 is 5.73 Å². The summed E-state index contributed by atoms with van der Waals surface area (Å²) in [6.07, 6.45) is 0.587. The lowest BCUT2D eigenvalue weighted by atomic mass is 9.99. The molecule has 0 saturated carbocycles. The number of anilines is 1. The standard InChI is InChI=1S/C14H14FN/c1-10-11(6-4-8-14(10)16)9-12-5-2-3-7-13(12)15/h2-8H,9,16H2,1H3. The van der Waals surface area contributed by atoms with Gasteiger partial charge in [0.05, 0.1) is 0 Å². The summed E-state index contributed by atoms with van der Waals surface area (Å²) in [6.45, 7) is 1.96. The van der Waals surface area contributed by atoms with Gasteiger partial charge in [-0.05, 0) is 35.7 Å². The monoisotopic (exact) mass is 215 g/mol. The molecule has 0 saturated heterocycles. The van der Waals surface area contributed by atoms with E-state index in [4.69, 9.17) is 5.73 Å². The SMILES string of the molecule is Cc1c(N)cccc1Cc1ccccc1F. The third-order valence-corrected chi connectivity index (χ3v) is 2.83. The van der Waals surface area contributed by atoms with Crippen LogP contribution in [-0.2, 0) is 6.42 Å². The zero-order valence-corrected chi connectivity index (χ0v) is 9.20. The molecule has 16 heavy (non-hydrogen) atoms. The molecule has 82 valence electrons. The Morgan fingerprint density at radius 1 is 1.00 bits per heavy atom. The topological polar surface area (TPSA) is 26.0 Å². The lowest BCUT2D eigenvalue weighted by molar-refractivity contribution is 0.614. The number of halogens is 1. The molecule has 2 aromatic carbocycles. The van der Waals surface area contributed by atoms with Gasteiger partial charge in [0.15, 0.2) is 0 Å². The largest absolute Gasteiger partial charge is 0.399 e. The number of benzene rings is 2. The molecular formula is C14H14FN. The van der Waals surface area contributed by atoms with Crippen molar-refractivity contribution in [1.82, 2.24) is 0 Å². The van der Waals surface area contributed by atoms with Crippen LogP contribution in [0, 0.1) is 12.7 Å². The van der Waals surface area contributed by atoms with Crippen molar-refractivity contribution in [2.75, 3.05) is 5.73 Å². The van der Waals surface area contributed by atoms with Crippen molar-refractivity contribution in [3.05, 3.63) is 65.0 Å². The maximum absolute atomic E-state index is 13.5. The molecule has 2 N–H and O–H groups in total. The van der Waals surface area contributed by atoms with E-state index in [1.807, 2.05) is 31.2 Å². The predicted molar refractivity (Wildman–Crippen MR) is 64.8 cm³/mol. The highest BCUT2D eigenvalue weighted by Gasteiger charge is 2.05. The fourth-order valence-electron chi connectivity index (χ4n) is 1.74. The second-order valence-electron chi connectivity index (χ2n) is 3.90. The molecule has 2 heteroatoms. The number of hydrogen-bond donors (Lipinski definition) is 1. The minimum atomic E-state index is -0.163. The number of rotatable bonds is 2. The van der Waals surface area contributed by atoms with Gasteiger partial charge in [0, 0.05) is 12.1 Å². The van der Waals surface area contributed by atoms with Crippen molar-refractivity contribution in [3.8, 4) is 0 Å². The summed E-state index contributed by atoms with van der Waals surface area (Å²) in [4.78, 5) is 0. The summed E-state index contributed by atoms with van der Waals surface area (Å²) in [5, 5.41) is 0. The van der Waals surface area contributed by atoms with Crippen LogP contribution in [0.2, 0.25) is 0 Å². The summed E-state index contributed by atoms with van der Waals surface area (Å²) < 4.78 is 13.5. The van der Waals surface area contributed by atoms with Crippen LogP contribution >= 0.6 is 0 Å². The van der Waals surface area contributed by atoms with E-state index < -0.39 is 0 Å². The molecule has 0 unspecified atom stereocenters. The molecule has 0 spiro atoms. The minimum Gasteiger partial charge on any atom is -0.399 e. The van der Waals surface area contributed by atoms with E-state index in [2.05, 4.69) is 0 Å². The predicted octanol–water partition coefficient (Wildman–Crippen LogP) is 3.31. The summed E-state index contributed by atoms with van der Waals surface area (Å²) in [7, 11) is 0. The first-order valence-electron chi connectivity index (χ1n) is 5.26. The van der Waals surface area contributed by atoms with Crippen LogP contribution in [-0.4, -0.2) is 0 Å². The van der Waals surface area contributed by atoms with Gasteiger partial charge in [0.1, 0.15) is 5.82 Å². The van der Waals surface area contributed by atoms with Crippen LogP contribution in [0.4, 0.5) is 10.1 Å². The Hall–Kier alpha value is -1.83. The average Bonchev–Trinajstić information content (AvgIpc) is 2.28. The van der Waals surface area contributed by atoms with Crippen molar-refractivity contribution in [1.29, 1.82) is 0 Å². The number of nitrogen functional groups attached to an aromatic ring is 1. The van der Waals surface area contributed by atoms with Crippen LogP contribution in [0.1, 0.15) is 16.7 Å². The molecule has 1 nitrogen and oxygen atoms in total. The van der Waals surface area contributed by atoms with Gasteiger partial charge in [-0.25, -0.2) is 4.39 Å². The van der Waals surface area contributed by atoms with Crippen molar-refractivity contribution >= 4 is 5.69 Å². The first-order chi connectivity index (χ1) is 7.68. The molecular weight excluding hydrogens is 201 g/mol. The molecule has 0 bridgehead atoms. The highest BCUT2D eigenvalue weighted by molar-refractivity contribution is 5.51. The smallest absolute Gasteiger partial charge is 0.126 e. The van der Waals surface area contributed by atoms with Crippen LogP contribution in [0.3, 0.4) is 0 Å². The Morgan fingerprint density at radius 2 is 1.69 bits per heavy atom. The molecule has 0 aliphatic carbocycles. The fourth-order valence-corrected chi connectivity index (χ4v) is 1.74. The molecule has 0 atom stereocenters. The highest BCUT2D eigenvalue weighted by atomic mass is 19.1. The van der Waals surface area contributed by atoms with Gasteiger partial charge < -0.3 is 5.73 Å². The highest BCUT2D eigenvalue weighted by Crippen LogP contribution is 2.20. The molecule has 0 aromatic heterocycles. The number of hydrogen-bond acceptors (Lipinski definition) is 1. The molecule has 0 aliphatic heterocycles. The van der Waals surface area contributed by atoms with Gasteiger partial charge in [0.25, 0.3) is 0 Å². The Labute approximate surface area is 94.7 Å². The molecule has 2 aromatic rings. The van der Waals surface area contributed by atoms with E-state index in [1.165, 1.54) is 6.07 Å². The Kier molecular flexibility index (Phi) is 2.91. The van der Waals surface area contributed by atoms with Crippen molar-refractivity contribution < 1.29 is 4.39 Å². The molecule has 0 heterocycles. The van der Waals surface area contributed by atoms with Crippen LogP contribution in [0.15, 0.2) is 42.5 Å². The van der Waals surface area contributed by atoms with E-state index in [0.717, 1.165) is 16.8 Å². The van der Waals surface area contributed by atoms with E-state index in [9.17, 15) is 4.39 Å². The number of nitrogens with two attached hydrogens (primary N) is 1.